The number of aromatic amines is 1. The van der Waals surface area contributed by atoms with Crippen molar-refractivity contribution < 1.29 is 75.2 Å². The number of carbonyl (C=O) groups is 2. The molecular weight excluding hydrogens is 789 g/mol. The van der Waals surface area contributed by atoms with Gasteiger partial charge in [-0.05, 0) is 35.6 Å². The molecule has 1 aliphatic rings. The topological polar surface area (TPSA) is 192 Å². The molecule has 2 heterocycles. The summed E-state index contributed by atoms with van der Waals surface area (Å²) in [5.41, 5.74) is -1.03. The molecule has 0 bridgehead atoms. The first-order valence-electron chi connectivity index (χ1n) is 19.3. The molecule has 0 spiro atoms. The van der Waals surface area contributed by atoms with Gasteiger partial charge in [-0.1, -0.05) is 30.3 Å². The van der Waals surface area contributed by atoms with Crippen molar-refractivity contribution in [2.24, 2.45) is 0 Å². The highest BCUT2D eigenvalue weighted by molar-refractivity contribution is 5.90. The summed E-state index contributed by atoms with van der Waals surface area (Å²) < 4.78 is 93.9. The Kier molecular flexibility index (Phi) is 21.6. The summed E-state index contributed by atoms with van der Waals surface area (Å²) in [6, 6.07) is 10.8. The van der Waals surface area contributed by atoms with Crippen molar-refractivity contribution in [2.75, 3.05) is 126 Å². The van der Waals surface area contributed by atoms with E-state index in [9.17, 15) is 27.6 Å². The third-order valence-electron chi connectivity index (χ3n) is 8.67. The van der Waals surface area contributed by atoms with Crippen molar-refractivity contribution in [1.29, 1.82) is 0 Å². The van der Waals surface area contributed by atoms with Crippen LogP contribution in [0.3, 0.4) is 0 Å². The number of halogens is 3. The molecule has 3 aromatic rings. The maximum atomic E-state index is 13.6. The number of nitrogens with one attached hydrogen (secondary N) is 2. The standard InChI is InChI=1S/C40H53F3N2O14/c41-40(42,43)35-4-2-1-3-32(35)36-26-30-6-5-29(25-33(30)38(48)45-36)34-27-31(44-37(34)47)28-59-39(49)58-24-23-57-22-21-56-20-19-55-18-17-54-16-15-53-14-13-52-12-11-51-10-9-50-8-7-46/h1-6,25-26,31,34,46H,7-24,27-28H2,(H,44,47)(H,45,48)/t31?,34-/m0/s1. The molecule has 4 rings (SSSR count). The molecule has 1 saturated heterocycles. The number of carbonyl (C=O) groups excluding carboxylic acids is 2. The lowest BCUT2D eigenvalue weighted by atomic mass is 9.93. The van der Waals surface area contributed by atoms with Crippen LogP contribution in [-0.2, 0) is 58.3 Å². The number of ether oxygens (including phenoxy) is 10. The zero-order chi connectivity index (χ0) is 42.1. The number of aliphatic hydroxyl groups excluding tert-OH is 1. The Morgan fingerprint density at radius 2 is 1.17 bits per heavy atom. The Balaban J connectivity index is 0.963. The van der Waals surface area contributed by atoms with Gasteiger partial charge in [0.15, 0.2) is 0 Å². The molecule has 59 heavy (non-hydrogen) atoms. The first kappa shape index (κ1) is 47.5. The zero-order valence-corrected chi connectivity index (χ0v) is 32.8. The van der Waals surface area contributed by atoms with Gasteiger partial charge < -0.3 is 62.8 Å². The molecule has 0 radical (unpaired) electrons. The van der Waals surface area contributed by atoms with Crippen LogP contribution in [0.5, 0.6) is 0 Å². The van der Waals surface area contributed by atoms with Gasteiger partial charge in [0, 0.05) is 16.6 Å². The van der Waals surface area contributed by atoms with E-state index in [0.717, 1.165) is 6.07 Å². The minimum absolute atomic E-state index is 0.000280. The summed E-state index contributed by atoms with van der Waals surface area (Å²) in [5, 5.41) is 12.0. The lowest BCUT2D eigenvalue weighted by Crippen LogP contribution is -2.31. The van der Waals surface area contributed by atoms with Crippen LogP contribution in [0, 0.1) is 0 Å². The maximum Gasteiger partial charge on any atom is 0.508 e. The number of amides is 1. The fourth-order valence-electron chi connectivity index (χ4n) is 5.85. The number of hydrogen-bond donors (Lipinski definition) is 3. The summed E-state index contributed by atoms with van der Waals surface area (Å²) in [5.74, 6) is -0.948. The Morgan fingerprint density at radius 3 is 1.69 bits per heavy atom. The normalized spacial score (nSPS) is 15.5. The Bertz CT molecular complexity index is 1740. The summed E-state index contributed by atoms with van der Waals surface area (Å²) in [4.78, 5) is 40.4. The van der Waals surface area contributed by atoms with Gasteiger partial charge in [-0.3, -0.25) is 9.59 Å². The number of aromatic nitrogens is 1. The largest absolute Gasteiger partial charge is 0.508 e. The average Bonchev–Trinajstić information content (AvgIpc) is 3.60. The van der Waals surface area contributed by atoms with Gasteiger partial charge in [-0.15, -0.1) is 0 Å². The lowest BCUT2D eigenvalue weighted by molar-refractivity contribution is -0.137. The summed E-state index contributed by atoms with van der Waals surface area (Å²) in [6.07, 6.45) is -5.24. The van der Waals surface area contributed by atoms with Crippen LogP contribution in [0.2, 0.25) is 0 Å². The number of hydrogen-bond acceptors (Lipinski definition) is 14. The van der Waals surface area contributed by atoms with Gasteiger partial charge in [0.2, 0.25) is 5.91 Å². The van der Waals surface area contributed by atoms with Crippen LogP contribution in [-0.4, -0.2) is 154 Å². The van der Waals surface area contributed by atoms with Gasteiger partial charge in [-0.25, -0.2) is 4.79 Å². The average molecular weight is 843 g/mol. The van der Waals surface area contributed by atoms with E-state index in [2.05, 4.69) is 10.3 Å². The highest BCUT2D eigenvalue weighted by atomic mass is 19.4. The van der Waals surface area contributed by atoms with Crippen molar-refractivity contribution in [1.82, 2.24) is 10.3 Å². The van der Waals surface area contributed by atoms with E-state index < -0.39 is 35.4 Å². The molecule has 2 atom stereocenters. The Labute approximate surface area is 339 Å². The molecule has 2 aromatic carbocycles. The molecule has 0 aliphatic carbocycles. The molecule has 3 N–H and O–H groups in total. The van der Waals surface area contributed by atoms with E-state index in [1.165, 1.54) is 24.3 Å². The predicted molar refractivity (Wildman–Crippen MR) is 205 cm³/mol. The summed E-state index contributed by atoms with van der Waals surface area (Å²) in [6.45, 7) is 6.11. The second-order valence-corrected chi connectivity index (χ2v) is 12.9. The van der Waals surface area contributed by atoms with Gasteiger partial charge in [0.25, 0.3) is 5.56 Å². The first-order chi connectivity index (χ1) is 28.7. The first-order valence-corrected chi connectivity index (χ1v) is 19.3. The molecule has 0 saturated carbocycles. The van der Waals surface area contributed by atoms with E-state index in [1.807, 2.05) is 0 Å². The van der Waals surface area contributed by atoms with Crippen LogP contribution in [0.4, 0.5) is 18.0 Å². The third kappa shape index (κ3) is 17.5. The monoisotopic (exact) mass is 842 g/mol. The summed E-state index contributed by atoms with van der Waals surface area (Å²) in [7, 11) is 0. The van der Waals surface area contributed by atoms with E-state index in [4.69, 9.17) is 52.5 Å². The highest BCUT2D eigenvalue weighted by Crippen LogP contribution is 2.37. The highest BCUT2D eigenvalue weighted by Gasteiger charge is 2.35. The van der Waals surface area contributed by atoms with Crippen LogP contribution >= 0.6 is 0 Å². The van der Waals surface area contributed by atoms with Gasteiger partial charge >= 0.3 is 12.3 Å². The second-order valence-electron chi connectivity index (χ2n) is 12.9. The fourth-order valence-corrected chi connectivity index (χ4v) is 5.85. The Morgan fingerprint density at radius 1 is 0.661 bits per heavy atom. The van der Waals surface area contributed by atoms with Crippen LogP contribution in [0.15, 0.2) is 53.3 Å². The predicted octanol–water partition coefficient (Wildman–Crippen LogP) is 3.46. The van der Waals surface area contributed by atoms with Gasteiger partial charge in [-0.2, -0.15) is 13.2 Å². The maximum absolute atomic E-state index is 13.6. The number of aliphatic hydroxyl groups is 1. The number of alkyl halides is 3. The van der Waals surface area contributed by atoms with Gasteiger partial charge in [0.05, 0.1) is 130 Å². The van der Waals surface area contributed by atoms with Crippen molar-refractivity contribution in [3.8, 4) is 11.3 Å². The molecule has 1 unspecified atom stereocenters. The number of H-pyrrole nitrogens is 1. The SMILES string of the molecule is O=C(OCCOCCOCCOCCOCCOCCOCCOCCOCCO)OCC1C[C@@H](c2ccc3cc(-c4ccccc4C(F)(F)F)[nH]c(=O)c3c2)C(=O)N1. The quantitative estimate of drug-likeness (QED) is 0.0653. The van der Waals surface area contributed by atoms with Crippen molar-refractivity contribution in [2.45, 2.75) is 24.6 Å². The van der Waals surface area contributed by atoms with E-state index in [0.29, 0.717) is 103 Å². The molecule has 19 heteroatoms. The van der Waals surface area contributed by atoms with E-state index in [-0.39, 0.29) is 62.0 Å². The molecular formula is C40H53F3N2O14. The fraction of sp³-hybridized carbons (Fsp3) is 0.575. The minimum atomic E-state index is -4.60. The molecule has 1 amide bonds. The number of fused-ring (bicyclic) bond motifs is 1. The van der Waals surface area contributed by atoms with E-state index >= 15 is 0 Å². The zero-order valence-electron chi connectivity index (χ0n) is 32.8. The molecule has 328 valence electrons. The van der Waals surface area contributed by atoms with Crippen LogP contribution in [0.1, 0.15) is 23.5 Å². The minimum Gasteiger partial charge on any atom is -0.432 e. The molecule has 1 aromatic heterocycles. The van der Waals surface area contributed by atoms with E-state index in [1.54, 1.807) is 18.2 Å². The van der Waals surface area contributed by atoms with Gasteiger partial charge in [0.1, 0.15) is 13.2 Å². The van der Waals surface area contributed by atoms with Crippen molar-refractivity contribution in [3.05, 3.63) is 70.0 Å². The van der Waals surface area contributed by atoms with Crippen molar-refractivity contribution in [3.63, 3.8) is 0 Å². The van der Waals surface area contributed by atoms with Crippen LogP contribution < -0.4 is 10.9 Å². The second kappa shape index (κ2) is 26.8. The third-order valence-corrected chi connectivity index (χ3v) is 8.67. The number of rotatable bonds is 30. The molecule has 16 nitrogen and oxygen atoms in total. The van der Waals surface area contributed by atoms with Crippen LogP contribution in [0.25, 0.3) is 22.0 Å². The summed E-state index contributed by atoms with van der Waals surface area (Å²) >= 11 is 0. The smallest absolute Gasteiger partial charge is 0.432 e. The Hall–Kier alpha value is -4.18. The molecule has 1 aliphatic heterocycles. The lowest BCUT2D eigenvalue weighted by Gasteiger charge is -2.14. The number of pyridine rings is 1. The molecule has 1 fully saturated rings. The number of benzene rings is 2. The van der Waals surface area contributed by atoms with Crippen molar-refractivity contribution >= 4 is 22.8 Å².